The number of carbonyl (C=O) groups is 2. The van der Waals surface area contributed by atoms with Crippen LogP contribution in [0.15, 0.2) is 54.9 Å². The number of fused-ring (bicyclic) bond motifs is 2. The predicted octanol–water partition coefficient (Wildman–Crippen LogP) is 5.23. The molecule has 0 saturated carbocycles. The summed E-state index contributed by atoms with van der Waals surface area (Å²) < 4.78 is 103. The lowest BCUT2D eigenvalue weighted by Gasteiger charge is -2.37. The lowest BCUT2D eigenvalue weighted by atomic mass is 9.84. The van der Waals surface area contributed by atoms with Crippen molar-refractivity contribution < 1.29 is 44.7 Å². The minimum atomic E-state index is -4.83. The van der Waals surface area contributed by atoms with Crippen molar-refractivity contribution in [2.24, 2.45) is 0 Å². The summed E-state index contributed by atoms with van der Waals surface area (Å²) in [5.74, 6) is -4.12. The van der Waals surface area contributed by atoms with E-state index in [2.05, 4.69) is 20.9 Å². The fourth-order valence-corrected chi connectivity index (χ4v) is 8.17. The first-order valence-electron chi connectivity index (χ1n) is 15.3. The number of methoxy groups -OCH3 is 1. The van der Waals surface area contributed by atoms with Gasteiger partial charge in [-0.3, -0.25) is 9.78 Å². The van der Waals surface area contributed by atoms with E-state index in [4.69, 9.17) is 16.3 Å². The molecular weight excluding hydrogens is 697 g/mol. The van der Waals surface area contributed by atoms with Gasteiger partial charge in [0.05, 0.1) is 23.4 Å². The highest BCUT2D eigenvalue weighted by Gasteiger charge is 2.39. The number of rotatable bonds is 9. The van der Waals surface area contributed by atoms with Gasteiger partial charge in [-0.05, 0) is 67.1 Å². The van der Waals surface area contributed by atoms with Gasteiger partial charge < -0.3 is 20.7 Å². The van der Waals surface area contributed by atoms with Crippen molar-refractivity contribution in [2.75, 3.05) is 31.3 Å². The molecule has 0 spiro atoms. The molecule has 0 aliphatic carbocycles. The number of nitrogens with one attached hydrogen (secondary N) is 3. The first kappa shape index (κ1) is 36.4. The van der Waals surface area contributed by atoms with Crippen molar-refractivity contribution in [3.05, 3.63) is 93.8 Å². The molecule has 3 aromatic rings. The van der Waals surface area contributed by atoms with Gasteiger partial charge in [0.1, 0.15) is 17.7 Å². The maximum atomic E-state index is 15.4. The Balaban J connectivity index is 1.49. The van der Waals surface area contributed by atoms with Crippen molar-refractivity contribution >= 4 is 39.3 Å². The van der Waals surface area contributed by atoms with E-state index < -0.39 is 63.4 Å². The predicted molar refractivity (Wildman–Crippen MR) is 170 cm³/mol. The summed E-state index contributed by atoms with van der Waals surface area (Å²) >= 11 is 5.86. The average Bonchev–Trinajstić information content (AvgIpc) is 3.17. The van der Waals surface area contributed by atoms with E-state index in [1.54, 1.807) is 0 Å². The molecule has 5 atom stereocenters. The normalized spacial score (nSPS) is 21.6. The molecule has 264 valence electrons. The van der Waals surface area contributed by atoms with Crippen molar-refractivity contribution in [1.29, 1.82) is 0 Å². The Morgan fingerprint density at radius 2 is 1.90 bits per heavy atom. The third-order valence-corrected chi connectivity index (χ3v) is 11.0. The van der Waals surface area contributed by atoms with Crippen LogP contribution >= 0.6 is 11.6 Å². The van der Waals surface area contributed by atoms with Gasteiger partial charge >= 0.3 is 12.3 Å². The van der Waals surface area contributed by atoms with Crippen LogP contribution in [0.1, 0.15) is 47.4 Å². The molecule has 2 aromatic carbocycles. The average molecular weight is 730 g/mol. The Labute approximate surface area is 284 Å². The fraction of sp³-hybridized carbons (Fsp3) is 0.406. The molecule has 10 nitrogen and oxygen atoms in total. The van der Waals surface area contributed by atoms with Crippen LogP contribution in [-0.4, -0.2) is 73.8 Å². The number of halogens is 6. The first-order chi connectivity index (χ1) is 23.2. The largest absolute Gasteiger partial charge is 0.453 e. The summed E-state index contributed by atoms with van der Waals surface area (Å²) in [6.45, 7) is 0.654. The molecule has 2 saturated heterocycles. The summed E-state index contributed by atoms with van der Waals surface area (Å²) in [6.07, 6.45) is -2.91. The molecule has 0 radical (unpaired) electrons. The summed E-state index contributed by atoms with van der Waals surface area (Å²) in [7, 11) is -2.52. The molecule has 3 unspecified atom stereocenters. The zero-order valence-electron chi connectivity index (χ0n) is 26.1. The summed E-state index contributed by atoms with van der Waals surface area (Å²) in [5, 5.41) is 7.94. The number of hydrogen-bond acceptors (Lipinski definition) is 7. The van der Waals surface area contributed by atoms with Crippen LogP contribution in [0.4, 0.5) is 32.4 Å². The highest BCUT2D eigenvalue weighted by molar-refractivity contribution is 7.89. The summed E-state index contributed by atoms with van der Waals surface area (Å²) in [4.78, 5) is 30.3. The molecule has 2 fully saturated rings. The van der Waals surface area contributed by atoms with Gasteiger partial charge in [-0.15, -0.1) is 0 Å². The third kappa shape index (κ3) is 8.48. The number of alkyl carbamates (subject to hydrolysis) is 1. The number of hydrogen-bond donors (Lipinski definition) is 3. The van der Waals surface area contributed by atoms with Gasteiger partial charge in [-0.1, -0.05) is 23.7 Å². The van der Waals surface area contributed by atoms with Gasteiger partial charge in [-0.2, -0.15) is 17.5 Å². The summed E-state index contributed by atoms with van der Waals surface area (Å²) in [6, 6.07) is 5.73. The van der Waals surface area contributed by atoms with Crippen LogP contribution in [0.25, 0.3) is 0 Å². The number of alkyl halides is 3. The van der Waals surface area contributed by atoms with Crippen LogP contribution in [0.2, 0.25) is 5.02 Å². The smallest absolute Gasteiger partial charge is 0.417 e. The van der Waals surface area contributed by atoms with Crippen LogP contribution in [0.5, 0.6) is 0 Å². The van der Waals surface area contributed by atoms with E-state index >= 15 is 4.39 Å². The van der Waals surface area contributed by atoms with Crippen LogP contribution in [0.3, 0.4) is 0 Å². The van der Waals surface area contributed by atoms with E-state index in [9.17, 15) is 35.6 Å². The molecule has 1 aromatic heterocycles. The lowest BCUT2D eigenvalue weighted by molar-refractivity contribution is -0.137. The standard InChI is InChI=1S/C32H33ClF5N5O5S/c1-48-31(45)42-29(28(18-7-10-24(33)26(35)13-18)19-12-20(15-39-14-19)32(36,37)38)30(44)41-27-6-2-5-25(34)23(27)9-8-22-16-40-21-4-3-11-49(46,47)43(22)17-21/h2,5-7,10,12-15,21-22,28-29,40H,3-4,8-9,11,16-17H2,1H3,(H,41,44)(H,42,45)/t21?,22?,28-,29-/m0/s1. The molecule has 3 N–H and O–H groups in total. The van der Waals surface area contributed by atoms with E-state index in [1.807, 2.05) is 0 Å². The maximum absolute atomic E-state index is 15.4. The monoisotopic (exact) mass is 729 g/mol. The SMILES string of the molecule is COC(=O)N[C@H](C(=O)Nc1cccc(F)c1CCC1CNC2CCCS(=O)(=O)N1C2)[C@H](c1cncc(C(F)(F)F)c1)c1ccc(Cl)c(F)c1. The van der Waals surface area contributed by atoms with Crippen molar-refractivity contribution in [2.45, 2.75) is 55.9 Å². The minimum absolute atomic E-state index is 0.00376. The fourth-order valence-electron chi connectivity index (χ4n) is 6.25. The molecule has 3 heterocycles. The number of carbonyl (C=O) groups excluding carboxylic acids is 2. The van der Waals surface area contributed by atoms with Gasteiger partial charge in [-0.25, -0.2) is 22.0 Å². The maximum Gasteiger partial charge on any atom is 0.417 e. The van der Waals surface area contributed by atoms with Crippen molar-refractivity contribution in [1.82, 2.24) is 19.9 Å². The second-order valence-electron chi connectivity index (χ2n) is 11.9. The Bertz CT molecular complexity index is 1810. The number of pyridine rings is 1. The number of benzene rings is 2. The number of nitrogens with zero attached hydrogens (tertiary/aromatic N) is 2. The summed E-state index contributed by atoms with van der Waals surface area (Å²) in [5.41, 5.74) is -1.40. The Morgan fingerprint density at radius 3 is 2.61 bits per heavy atom. The van der Waals surface area contributed by atoms with Crippen LogP contribution in [-0.2, 0) is 32.2 Å². The Morgan fingerprint density at radius 1 is 1.12 bits per heavy atom. The number of piperazine rings is 1. The number of aromatic nitrogens is 1. The number of amides is 2. The minimum Gasteiger partial charge on any atom is -0.453 e. The zero-order valence-corrected chi connectivity index (χ0v) is 27.6. The van der Waals surface area contributed by atoms with E-state index in [-0.39, 0.29) is 52.0 Å². The van der Waals surface area contributed by atoms with Crippen LogP contribution in [0, 0.1) is 11.6 Å². The van der Waals surface area contributed by atoms with E-state index in [0.29, 0.717) is 32.1 Å². The number of sulfonamides is 1. The quantitative estimate of drug-likeness (QED) is 0.258. The highest BCUT2D eigenvalue weighted by atomic mass is 35.5. The molecule has 49 heavy (non-hydrogen) atoms. The molecule has 17 heteroatoms. The molecule has 5 rings (SSSR count). The van der Waals surface area contributed by atoms with Gasteiger partial charge in [0.15, 0.2) is 0 Å². The molecular formula is C32H33ClF5N5O5S. The van der Waals surface area contributed by atoms with Gasteiger partial charge in [0.25, 0.3) is 0 Å². The number of anilines is 1. The van der Waals surface area contributed by atoms with Gasteiger partial charge in [0.2, 0.25) is 15.9 Å². The van der Waals surface area contributed by atoms with E-state index in [1.165, 1.54) is 28.6 Å². The molecule has 2 bridgehead atoms. The third-order valence-electron chi connectivity index (χ3n) is 8.69. The molecule has 2 aliphatic rings. The topological polar surface area (TPSA) is 130 Å². The second kappa shape index (κ2) is 14.9. The lowest BCUT2D eigenvalue weighted by Crippen LogP contribution is -2.57. The Hall–Kier alpha value is -3.86. The molecule has 2 aliphatic heterocycles. The molecule has 2 amide bonds. The first-order valence-corrected chi connectivity index (χ1v) is 17.3. The van der Waals surface area contributed by atoms with Crippen molar-refractivity contribution in [3.8, 4) is 0 Å². The van der Waals surface area contributed by atoms with Crippen molar-refractivity contribution in [3.63, 3.8) is 0 Å². The second-order valence-corrected chi connectivity index (χ2v) is 14.3. The number of ether oxygens (including phenoxy) is 1. The Kier molecular flexibility index (Phi) is 11.1. The van der Waals surface area contributed by atoms with E-state index in [0.717, 1.165) is 31.5 Å². The zero-order chi connectivity index (χ0) is 35.5. The van der Waals surface area contributed by atoms with Crippen LogP contribution < -0.4 is 16.0 Å². The van der Waals surface area contributed by atoms with Gasteiger partial charge in [0, 0.05) is 54.7 Å². The highest BCUT2D eigenvalue weighted by Crippen LogP contribution is 2.36.